The number of hydrogen-bond donors (Lipinski definition) is 2. The summed E-state index contributed by atoms with van der Waals surface area (Å²) in [5.41, 5.74) is 0. The van der Waals surface area contributed by atoms with Crippen molar-refractivity contribution < 1.29 is 29.0 Å². The number of carbonyl (C=O) groups excluding carboxylic acids is 2. The van der Waals surface area contributed by atoms with E-state index >= 15 is 0 Å². The zero-order chi connectivity index (χ0) is 15.8. The van der Waals surface area contributed by atoms with Gasteiger partial charge in [0.25, 0.3) is 0 Å². The van der Waals surface area contributed by atoms with E-state index in [0.29, 0.717) is 19.7 Å². The van der Waals surface area contributed by atoms with Crippen LogP contribution in [-0.4, -0.2) is 74.4 Å². The number of carboxylic acids is 1. The molecule has 0 aromatic heterocycles. The van der Waals surface area contributed by atoms with Crippen molar-refractivity contribution in [2.75, 3.05) is 40.5 Å². The summed E-state index contributed by atoms with van der Waals surface area (Å²) in [6, 6.07) is 0. The second-order valence-corrected chi connectivity index (χ2v) is 4.93. The molecular formula is C13H22N2O6. The van der Waals surface area contributed by atoms with Gasteiger partial charge in [0.2, 0.25) is 11.8 Å². The summed E-state index contributed by atoms with van der Waals surface area (Å²) in [5, 5.41) is 11.3. The summed E-state index contributed by atoms with van der Waals surface area (Å²) in [6.07, 6.45) is -0.583. The maximum absolute atomic E-state index is 12.0. The Hall–Kier alpha value is -1.67. The summed E-state index contributed by atoms with van der Waals surface area (Å²) in [5.74, 6) is -1.72. The Kier molecular flexibility index (Phi) is 7.10. The van der Waals surface area contributed by atoms with Crippen molar-refractivity contribution in [1.82, 2.24) is 10.2 Å². The number of carboxylic acid groups (broad SMARTS) is 1. The standard InChI is InChI=1S/C13H22N2O6/c1-20-4-3-15-8-9(5-11(15)16)13(19)14-7-10(21-2)6-12(17)18/h9-10H,3-8H2,1-2H3,(H,14,19)(H,17,18). The molecule has 0 radical (unpaired) electrons. The Labute approximate surface area is 123 Å². The minimum absolute atomic E-state index is 0.0685. The topological polar surface area (TPSA) is 105 Å². The highest BCUT2D eigenvalue weighted by molar-refractivity contribution is 5.89. The molecule has 0 aliphatic carbocycles. The normalized spacial score (nSPS) is 19.6. The van der Waals surface area contributed by atoms with Crippen LogP contribution in [0.15, 0.2) is 0 Å². The lowest BCUT2D eigenvalue weighted by Crippen LogP contribution is -2.39. The number of hydrogen-bond acceptors (Lipinski definition) is 5. The molecule has 1 aliphatic heterocycles. The molecule has 2 atom stereocenters. The van der Waals surface area contributed by atoms with Crippen molar-refractivity contribution in [1.29, 1.82) is 0 Å². The maximum Gasteiger partial charge on any atom is 0.306 e. The predicted octanol–water partition coefficient (Wildman–Crippen LogP) is -0.913. The highest BCUT2D eigenvalue weighted by Crippen LogP contribution is 2.17. The van der Waals surface area contributed by atoms with E-state index in [1.165, 1.54) is 7.11 Å². The van der Waals surface area contributed by atoms with Crippen molar-refractivity contribution in [2.45, 2.75) is 18.9 Å². The SMILES string of the molecule is COCCN1CC(C(=O)NCC(CC(=O)O)OC)CC1=O. The lowest BCUT2D eigenvalue weighted by atomic mass is 10.1. The fraction of sp³-hybridized carbons (Fsp3) is 0.769. The molecular weight excluding hydrogens is 280 g/mol. The van der Waals surface area contributed by atoms with Gasteiger partial charge in [-0.05, 0) is 0 Å². The number of likely N-dealkylation sites (tertiary alicyclic amines) is 1. The molecule has 1 heterocycles. The first-order valence-electron chi connectivity index (χ1n) is 6.77. The maximum atomic E-state index is 12.0. The highest BCUT2D eigenvalue weighted by atomic mass is 16.5. The monoisotopic (exact) mass is 302 g/mol. The second kappa shape index (κ2) is 8.58. The molecule has 1 fully saturated rings. The van der Waals surface area contributed by atoms with Gasteiger partial charge in [-0.15, -0.1) is 0 Å². The van der Waals surface area contributed by atoms with E-state index in [1.807, 2.05) is 0 Å². The van der Waals surface area contributed by atoms with Crippen molar-refractivity contribution in [3.05, 3.63) is 0 Å². The number of nitrogens with one attached hydrogen (secondary N) is 1. The fourth-order valence-corrected chi connectivity index (χ4v) is 2.16. The van der Waals surface area contributed by atoms with Crippen LogP contribution in [0.2, 0.25) is 0 Å². The summed E-state index contributed by atoms with van der Waals surface area (Å²) in [4.78, 5) is 35.9. The summed E-state index contributed by atoms with van der Waals surface area (Å²) in [6.45, 7) is 1.39. The molecule has 2 N–H and O–H groups in total. The van der Waals surface area contributed by atoms with E-state index in [2.05, 4.69) is 5.32 Å². The average Bonchev–Trinajstić information content (AvgIpc) is 2.81. The van der Waals surface area contributed by atoms with Crippen LogP contribution in [0.3, 0.4) is 0 Å². The Morgan fingerprint density at radius 1 is 1.48 bits per heavy atom. The Bertz CT molecular complexity index is 387. The van der Waals surface area contributed by atoms with Crippen LogP contribution in [0.4, 0.5) is 0 Å². The van der Waals surface area contributed by atoms with Crippen LogP contribution in [0.1, 0.15) is 12.8 Å². The van der Waals surface area contributed by atoms with Gasteiger partial charge in [-0.2, -0.15) is 0 Å². The van der Waals surface area contributed by atoms with Crippen LogP contribution in [0.5, 0.6) is 0 Å². The van der Waals surface area contributed by atoms with Gasteiger partial charge in [-0.3, -0.25) is 14.4 Å². The zero-order valence-corrected chi connectivity index (χ0v) is 12.3. The van der Waals surface area contributed by atoms with E-state index in [-0.39, 0.29) is 31.2 Å². The molecule has 21 heavy (non-hydrogen) atoms. The number of aliphatic carboxylic acids is 1. The smallest absolute Gasteiger partial charge is 0.306 e. The van der Waals surface area contributed by atoms with E-state index < -0.39 is 18.0 Å². The first-order chi connectivity index (χ1) is 9.97. The van der Waals surface area contributed by atoms with Crippen LogP contribution < -0.4 is 5.32 Å². The molecule has 0 aromatic rings. The average molecular weight is 302 g/mol. The van der Waals surface area contributed by atoms with Crippen molar-refractivity contribution >= 4 is 17.8 Å². The highest BCUT2D eigenvalue weighted by Gasteiger charge is 2.34. The van der Waals surface area contributed by atoms with Gasteiger partial charge in [0.05, 0.1) is 25.0 Å². The molecule has 1 saturated heterocycles. The third kappa shape index (κ3) is 5.68. The van der Waals surface area contributed by atoms with Crippen molar-refractivity contribution in [3.63, 3.8) is 0 Å². The molecule has 1 rings (SSSR count). The number of ether oxygens (including phenoxy) is 2. The van der Waals surface area contributed by atoms with Crippen molar-refractivity contribution in [2.24, 2.45) is 5.92 Å². The van der Waals surface area contributed by atoms with Gasteiger partial charge >= 0.3 is 5.97 Å². The molecule has 2 unspecified atom stereocenters. The van der Waals surface area contributed by atoms with Gasteiger partial charge < -0.3 is 24.8 Å². The second-order valence-electron chi connectivity index (χ2n) is 4.93. The minimum atomic E-state index is -0.988. The van der Waals surface area contributed by atoms with Gasteiger partial charge in [-0.25, -0.2) is 0 Å². The number of carbonyl (C=O) groups is 3. The minimum Gasteiger partial charge on any atom is -0.481 e. The molecule has 120 valence electrons. The van der Waals surface area contributed by atoms with E-state index in [1.54, 1.807) is 12.0 Å². The van der Waals surface area contributed by atoms with Crippen molar-refractivity contribution in [3.8, 4) is 0 Å². The van der Waals surface area contributed by atoms with Gasteiger partial charge in [0.15, 0.2) is 0 Å². The van der Waals surface area contributed by atoms with E-state index in [4.69, 9.17) is 14.6 Å². The van der Waals surface area contributed by atoms with Crippen LogP contribution in [-0.2, 0) is 23.9 Å². The van der Waals surface area contributed by atoms with Gasteiger partial charge in [-0.1, -0.05) is 0 Å². The number of methoxy groups -OCH3 is 2. The first-order valence-corrected chi connectivity index (χ1v) is 6.77. The van der Waals surface area contributed by atoms with Crippen LogP contribution in [0, 0.1) is 5.92 Å². The molecule has 0 spiro atoms. The van der Waals surface area contributed by atoms with E-state index in [9.17, 15) is 14.4 Å². The lowest BCUT2D eigenvalue weighted by molar-refractivity contribution is -0.140. The van der Waals surface area contributed by atoms with Crippen LogP contribution >= 0.6 is 0 Å². The predicted molar refractivity (Wildman–Crippen MR) is 72.6 cm³/mol. The molecule has 0 saturated carbocycles. The summed E-state index contributed by atoms with van der Waals surface area (Å²) < 4.78 is 9.89. The summed E-state index contributed by atoms with van der Waals surface area (Å²) >= 11 is 0. The van der Waals surface area contributed by atoms with E-state index in [0.717, 1.165) is 0 Å². The lowest BCUT2D eigenvalue weighted by Gasteiger charge is -2.17. The first kappa shape index (κ1) is 17.4. The van der Waals surface area contributed by atoms with Gasteiger partial charge in [0.1, 0.15) is 0 Å². The summed E-state index contributed by atoms with van der Waals surface area (Å²) in [7, 11) is 2.95. The zero-order valence-electron chi connectivity index (χ0n) is 12.3. The van der Waals surface area contributed by atoms with Gasteiger partial charge in [0, 0.05) is 40.3 Å². The molecule has 8 nitrogen and oxygen atoms in total. The number of nitrogens with zero attached hydrogens (tertiary/aromatic N) is 1. The molecule has 8 heteroatoms. The molecule has 0 aromatic carbocycles. The number of amides is 2. The molecule has 1 aliphatic rings. The third-order valence-corrected chi connectivity index (χ3v) is 3.39. The third-order valence-electron chi connectivity index (χ3n) is 3.39. The Balaban J connectivity index is 2.39. The quantitative estimate of drug-likeness (QED) is 0.571. The fourth-order valence-electron chi connectivity index (χ4n) is 2.16. The number of rotatable bonds is 9. The largest absolute Gasteiger partial charge is 0.481 e. The Morgan fingerprint density at radius 3 is 2.76 bits per heavy atom. The molecule has 0 bridgehead atoms. The van der Waals surface area contributed by atoms with Crippen LogP contribution in [0.25, 0.3) is 0 Å². The Morgan fingerprint density at radius 2 is 2.19 bits per heavy atom. The molecule has 2 amide bonds.